The van der Waals surface area contributed by atoms with Gasteiger partial charge in [-0.1, -0.05) is 25.4 Å². The molecule has 1 aliphatic rings. The molecule has 1 heterocycles. The van der Waals surface area contributed by atoms with Gasteiger partial charge in [0.1, 0.15) is 0 Å². The van der Waals surface area contributed by atoms with Crippen LogP contribution < -0.4 is 4.90 Å². The predicted molar refractivity (Wildman–Crippen MR) is 83.3 cm³/mol. The first-order valence-electron chi connectivity index (χ1n) is 6.96. The van der Waals surface area contributed by atoms with Crippen LogP contribution in [0.4, 0.5) is 5.69 Å². The van der Waals surface area contributed by atoms with Gasteiger partial charge in [-0.25, -0.2) is 4.79 Å². The molecule has 0 saturated carbocycles. The average molecular weight is 294 g/mol. The average Bonchev–Trinajstić information content (AvgIpc) is 2.85. The molecule has 3 nitrogen and oxygen atoms in total. The molecule has 1 aromatic carbocycles. The maximum atomic E-state index is 10.7. The minimum absolute atomic E-state index is 0.508. The standard InChI is InChI=1S/C16H20ClNO2/c1-11(2)14-4-3-9-18(14)15-7-6-13(17)10-12(15)5-8-16(19)20/h5-8,10-11,14H,3-4,9H2,1-2H3,(H,19,20)/b8-5+. The van der Waals surface area contributed by atoms with E-state index in [-0.39, 0.29) is 0 Å². The van der Waals surface area contributed by atoms with Crippen LogP contribution in [-0.4, -0.2) is 23.7 Å². The van der Waals surface area contributed by atoms with Crippen molar-refractivity contribution in [1.82, 2.24) is 0 Å². The third-order valence-corrected chi connectivity index (χ3v) is 4.01. The number of carboxylic acid groups (broad SMARTS) is 1. The molecule has 0 bridgehead atoms. The first kappa shape index (κ1) is 14.9. The molecule has 4 heteroatoms. The second-order valence-electron chi connectivity index (χ2n) is 5.52. The van der Waals surface area contributed by atoms with Crippen LogP contribution in [0.1, 0.15) is 32.3 Å². The molecule has 1 saturated heterocycles. The van der Waals surface area contributed by atoms with Gasteiger partial charge in [0.25, 0.3) is 0 Å². The number of hydrogen-bond donors (Lipinski definition) is 1. The van der Waals surface area contributed by atoms with E-state index in [4.69, 9.17) is 16.7 Å². The molecule has 0 spiro atoms. The van der Waals surface area contributed by atoms with E-state index in [1.54, 1.807) is 6.08 Å². The summed E-state index contributed by atoms with van der Waals surface area (Å²) in [4.78, 5) is 13.1. The lowest BCUT2D eigenvalue weighted by Crippen LogP contribution is -2.33. The third-order valence-electron chi connectivity index (χ3n) is 3.77. The zero-order chi connectivity index (χ0) is 14.7. The molecule has 1 fully saturated rings. The summed E-state index contributed by atoms with van der Waals surface area (Å²) >= 11 is 6.04. The largest absolute Gasteiger partial charge is 0.478 e. The van der Waals surface area contributed by atoms with Crippen molar-refractivity contribution < 1.29 is 9.90 Å². The van der Waals surface area contributed by atoms with Gasteiger partial charge in [-0.05, 0) is 48.6 Å². The van der Waals surface area contributed by atoms with E-state index in [0.717, 1.165) is 23.9 Å². The number of hydrogen-bond acceptors (Lipinski definition) is 2. The molecule has 0 amide bonds. The molecule has 20 heavy (non-hydrogen) atoms. The summed E-state index contributed by atoms with van der Waals surface area (Å²) in [5.41, 5.74) is 1.94. The van der Waals surface area contributed by atoms with E-state index < -0.39 is 5.97 Å². The van der Waals surface area contributed by atoms with Gasteiger partial charge in [0, 0.05) is 29.4 Å². The normalized spacial score (nSPS) is 19.2. The van der Waals surface area contributed by atoms with Gasteiger partial charge in [0.05, 0.1) is 0 Å². The van der Waals surface area contributed by atoms with E-state index in [1.165, 1.54) is 12.8 Å². The summed E-state index contributed by atoms with van der Waals surface area (Å²) in [5, 5.41) is 9.43. The molecule has 1 aliphatic heterocycles. The number of aliphatic carboxylic acids is 1. The van der Waals surface area contributed by atoms with Gasteiger partial charge >= 0.3 is 5.97 Å². The number of carboxylic acids is 1. The zero-order valence-corrected chi connectivity index (χ0v) is 12.6. The Hall–Kier alpha value is -1.48. The quantitative estimate of drug-likeness (QED) is 0.851. The molecular formula is C16H20ClNO2. The Morgan fingerprint density at radius 3 is 2.90 bits per heavy atom. The van der Waals surface area contributed by atoms with Crippen molar-refractivity contribution in [2.45, 2.75) is 32.7 Å². The molecule has 0 aromatic heterocycles. The predicted octanol–water partition coefficient (Wildman–Crippen LogP) is 4.06. The third kappa shape index (κ3) is 3.34. The number of rotatable bonds is 4. The Balaban J connectivity index is 2.37. The van der Waals surface area contributed by atoms with Crippen LogP contribution in [0.2, 0.25) is 5.02 Å². The highest BCUT2D eigenvalue weighted by Crippen LogP contribution is 2.34. The minimum Gasteiger partial charge on any atom is -0.478 e. The van der Waals surface area contributed by atoms with Gasteiger partial charge in [0.2, 0.25) is 0 Å². The molecule has 1 atom stereocenters. The highest BCUT2D eigenvalue weighted by Gasteiger charge is 2.28. The molecule has 0 aliphatic carbocycles. The summed E-state index contributed by atoms with van der Waals surface area (Å²) in [6, 6.07) is 6.19. The number of halogens is 1. The Labute approximate surface area is 124 Å². The van der Waals surface area contributed by atoms with Crippen molar-refractivity contribution >= 4 is 29.3 Å². The lowest BCUT2D eigenvalue weighted by molar-refractivity contribution is -0.131. The van der Waals surface area contributed by atoms with E-state index in [2.05, 4.69) is 18.7 Å². The summed E-state index contributed by atoms with van der Waals surface area (Å²) < 4.78 is 0. The van der Waals surface area contributed by atoms with Crippen LogP contribution in [0.25, 0.3) is 6.08 Å². The van der Waals surface area contributed by atoms with Crippen molar-refractivity contribution in [3.63, 3.8) is 0 Å². The van der Waals surface area contributed by atoms with Gasteiger partial charge in [-0.3, -0.25) is 0 Å². The summed E-state index contributed by atoms with van der Waals surface area (Å²) in [6.07, 6.45) is 5.14. The SMILES string of the molecule is CC(C)C1CCCN1c1ccc(Cl)cc1/C=C/C(=O)O. The van der Waals surface area contributed by atoms with Crippen LogP contribution in [0, 0.1) is 5.92 Å². The van der Waals surface area contributed by atoms with E-state index >= 15 is 0 Å². The second kappa shape index (κ2) is 6.31. The van der Waals surface area contributed by atoms with Gasteiger partial charge in [-0.15, -0.1) is 0 Å². The van der Waals surface area contributed by atoms with Crippen molar-refractivity contribution in [3.8, 4) is 0 Å². The van der Waals surface area contributed by atoms with E-state index in [0.29, 0.717) is 17.0 Å². The molecule has 1 N–H and O–H groups in total. The Morgan fingerprint density at radius 2 is 2.25 bits per heavy atom. The maximum Gasteiger partial charge on any atom is 0.328 e. The molecule has 0 radical (unpaired) electrons. The van der Waals surface area contributed by atoms with Crippen LogP contribution in [0.15, 0.2) is 24.3 Å². The van der Waals surface area contributed by atoms with Crippen LogP contribution in [0.3, 0.4) is 0 Å². The molecule has 1 unspecified atom stereocenters. The fraction of sp³-hybridized carbons (Fsp3) is 0.438. The summed E-state index contributed by atoms with van der Waals surface area (Å²) in [5.74, 6) is -0.373. The van der Waals surface area contributed by atoms with Crippen LogP contribution in [0.5, 0.6) is 0 Å². The summed E-state index contributed by atoms with van der Waals surface area (Å²) in [6.45, 7) is 5.47. The lowest BCUT2D eigenvalue weighted by atomic mass is 10.0. The summed E-state index contributed by atoms with van der Waals surface area (Å²) in [7, 11) is 0. The first-order valence-corrected chi connectivity index (χ1v) is 7.34. The van der Waals surface area contributed by atoms with E-state index in [1.807, 2.05) is 18.2 Å². The molecule has 2 rings (SSSR count). The monoisotopic (exact) mass is 293 g/mol. The van der Waals surface area contributed by atoms with Gasteiger partial charge < -0.3 is 10.0 Å². The number of nitrogens with zero attached hydrogens (tertiary/aromatic N) is 1. The minimum atomic E-state index is -0.947. The Bertz CT molecular complexity index is 525. The Morgan fingerprint density at radius 1 is 1.50 bits per heavy atom. The number of anilines is 1. The van der Waals surface area contributed by atoms with E-state index in [9.17, 15) is 4.79 Å². The Kier molecular flexibility index (Phi) is 4.71. The van der Waals surface area contributed by atoms with Gasteiger partial charge in [0.15, 0.2) is 0 Å². The highest BCUT2D eigenvalue weighted by atomic mass is 35.5. The van der Waals surface area contributed by atoms with Crippen LogP contribution >= 0.6 is 11.6 Å². The molecule has 108 valence electrons. The fourth-order valence-corrected chi connectivity index (χ4v) is 3.05. The number of benzene rings is 1. The van der Waals surface area contributed by atoms with Crippen molar-refractivity contribution in [3.05, 3.63) is 34.9 Å². The fourth-order valence-electron chi connectivity index (χ4n) is 2.87. The van der Waals surface area contributed by atoms with Crippen molar-refractivity contribution in [2.75, 3.05) is 11.4 Å². The highest BCUT2D eigenvalue weighted by molar-refractivity contribution is 6.30. The molecule has 1 aromatic rings. The van der Waals surface area contributed by atoms with Gasteiger partial charge in [-0.2, -0.15) is 0 Å². The first-order chi connectivity index (χ1) is 9.49. The number of carbonyl (C=O) groups is 1. The maximum absolute atomic E-state index is 10.7. The van der Waals surface area contributed by atoms with Crippen LogP contribution in [-0.2, 0) is 4.79 Å². The van der Waals surface area contributed by atoms with Crippen molar-refractivity contribution in [1.29, 1.82) is 0 Å². The zero-order valence-electron chi connectivity index (χ0n) is 11.8. The second-order valence-corrected chi connectivity index (χ2v) is 5.96. The molecular weight excluding hydrogens is 274 g/mol. The lowest BCUT2D eigenvalue weighted by Gasteiger charge is -2.31. The van der Waals surface area contributed by atoms with Crippen molar-refractivity contribution in [2.24, 2.45) is 5.92 Å². The smallest absolute Gasteiger partial charge is 0.328 e. The topological polar surface area (TPSA) is 40.5 Å².